The molecular weight excluding hydrogens is 244 g/mol. The topological polar surface area (TPSA) is 78.4 Å². The Bertz CT molecular complexity index is 424. The highest BCUT2D eigenvalue weighted by Gasteiger charge is 2.33. The average molecular weight is 264 g/mol. The summed E-state index contributed by atoms with van der Waals surface area (Å²) in [6.07, 6.45) is 4.50. The average Bonchev–Trinajstić information content (AvgIpc) is 2.46. The maximum atomic E-state index is 12.4. The lowest BCUT2D eigenvalue weighted by atomic mass is 9.99. The van der Waals surface area contributed by atoms with E-state index in [9.17, 15) is 9.90 Å². The van der Waals surface area contributed by atoms with Crippen molar-refractivity contribution in [3.05, 3.63) is 24.3 Å². The molecule has 1 saturated heterocycles. The predicted octanol–water partition coefficient (Wildman–Crippen LogP) is -0.0925. The highest BCUT2D eigenvalue weighted by Crippen LogP contribution is 2.15. The first-order valence-electron chi connectivity index (χ1n) is 6.54. The Labute approximate surface area is 112 Å². The molecule has 1 aromatic heterocycles. The highest BCUT2D eigenvalue weighted by molar-refractivity contribution is 5.92. The molecule has 2 N–H and O–H groups in total. The van der Waals surface area contributed by atoms with Crippen molar-refractivity contribution in [2.24, 2.45) is 5.92 Å². The Morgan fingerprint density at radius 1 is 1.58 bits per heavy atom. The van der Waals surface area contributed by atoms with Crippen molar-refractivity contribution in [2.75, 3.05) is 19.7 Å². The van der Waals surface area contributed by atoms with E-state index in [0.29, 0.717) is 24.7 Å². The van der Waals surface area contributed by atoms with Gasteiger partial charge in [-0.1, -0.05) is 13.8 Å². The van der Waals surface area contributed by atoms with E-state index in [-0.39, 0.29) is 24.6 Å². The minimum atomic E-state index is -0.204. The molecule has 19 heavy (non-hydrogen) atoms. The van der Waals surface area contributed by atoms with Crippen LogP contribution in [0.15, 0.2) is 18.6 Å². The van der Waals surface area contributed by atoms with Gasteiger partial charge in [0, 0.05) is 31.5 Å². The summed E-state index contributed by atoms with van der Waals surface area (Å²) in [5.74, 6) is 0.260. The first-order valence-corrected chi connectivity index (χ1v) is 6.54. The fourth-order valence-corrected chi connectivity index (χ4v) is 2.24. The van der Waals surface area contributed by atoms with E-state index >= 15 is 0 Å². The van der Waals surface area contributed by atoms with Crippen LogP contribution in [0.2, 0.25) is 0 Å². The molecule has 0 aliphatic carbocycles. The fraction of sp³-hybridized carbons (Fsp3) is 0.615. The van der Waals surface area contributed by atoms with Crippen molar-refractivity contribution in [3.8, 4) is 0 Å². The summed E-state index contributed by atoms with van der Waals surface area (Å²) in [6.45, 7) is 5.36. The first-order chi connectivity index (χ1) is 9.13. The monoisotopic (exact) mass is 264 g/mol. The number of rotatable bonds is 3. The zero-order valence-corrected chi connectivity index (χ0v) is 11.3. The normalized spacial score (nSPS) is 23.7. The van der Waals surface area contributed by atoms with Crippen molar-refractivity contribution in [3.63, 3.8) is 0 Å². The predicted molar refractivity (Wildman–Crippen MR) is 70.6 cm³/mol. The van der Waals surface area contributed by atoms with Gasteiger partial charge in [0.05, 0.1) is 18.8 Å². The molecule has 0 spiro atoms. The van der Waals surface area contributed by atoms with Crippen LogP contribution in [0.4, 0.5) is 0 Å². The number of hydrogen-bond acceptors (Lipinski definition) is 5. The summed E-state index contributed by atoms with van der Waals surface area (Å²) < 4.78 is 0. The molecule has 1 aliphatic rings. The molecule has 1 amide bonds. The van der Waals surface area contributed by atoms with Gasteiger partial charge >= 0.3 is 0 Å². The zero-order valence-electron chi connectivity index (χ0n) is 11.3. The van der Waals surface area contributed by atoms with E-state index in [1.54, 1.807) is 4.90 Å². The number of amides is 1. The molecule has 0 aromatic carbocycles. The van der Waals surface area contributed by atoms with Gasteiger partial charge in [-0.3, -0.25) is 9.78 Å². The molecular formula is C13H20N4O2. The third-order valence-corrected chi connectivity index (χ3v) is 3.51. The van der Waals surface area contributed by atoms with Crippen LogP contribution in [0.3, 0.4) is 0 Å². The molecule has 6 nitrogen and oxygen atoms in total. The molecule has 1 fully saturated rings. The number of aliphatic hydroxyl groups is 1. The Morgan fingerprint density at radius 2 is 2.37 bits per heavy atom. The maximum Gasteiger partial charge on any atom is 0.274 e. The van der Waals surface area contributed by atoms with Crippen LogP contribution < -0.4 is 5.32 Å². The molecule has 2 unspecified atom stereocenters. The van der Waals surface area contributed by atoms with Crippen LogP contribution in [0.5, 0.6) is 0 Å². The molecule has 0 saturated carbocycles. The number of hydrogen-bond donors (Lipinski definition) is 2. The third-order valence-electron chi connectivity index (χ3n) is 3.51. The van der Waals surface area contributed by atoms with Gasteiger partial charge in [-0.05, 0) is 5.92 Å². The van der Waals surface area contributed by atoms with Crippen LogP contribution in [0.25, 0.3) is 0 Å². The number of carbonyl (C=O) groups is 1. The number of nitrogens with one attached hydrogen (secondary N) is 1. The van der Waals surface area contributed by atoms with Crippen molar-refractivity contribution >= 4 is 5.91 Å². The van der Waals surface area contributed by atoms with Crippen LogP contribution in [-0.2, 0) is 0 Å². The Morgan fingerprint density at radius 3 is 2.95 bits per heavy atom. The summed E-state index contributed by atoms with van der Waals surface area (Å²) in [7, 11) is 0. The molecule has 2 atom stereocenters. The second kappa shape index (κ2) is 6.08. The number of piperazine rings is 1. The van der Waals surface area contributed by atoms with E-state index in [4.69, 9.17) is 0 Å². The number of carbonyl (C=O) groups excluding carboxylic acids is 1. The van der Waals surface area contributed by atoms with Crippen LogP contribution >= 0.6 is 0 Å². The summed E-state index contributed by atoms with van der Waals surface area (Å²) in [5.41, 5.74) is 0.324. The summed E-state index contributed by atoms with van der Waals surface area (Å²) in [4.78, 5) is 22.1. The lowest BCUT2D eigenvalue weighted by Gasteiger charge is -2.40. The van der Waals surface area contributed by atoms with Gasteiger partial charge in [0.1, 0.15) is 5.69 Å². The number of aromatic nitrogens is 2. The lowest BCUT2D eigenvalue weighted by Crippen LogP contribution is -2.60. The molecule has 1 aliphatic heterocycles. The highest BCUT2D eigenvalue weighted by atomic mass is 16.3. The summed E-state index contributed by atoms with van der Waals surface area (Å²) in [6, 6.07) is 0.0351. The van der Waals surface area contributed by atoms with E-state index in [0.717, 1.165) is 0 Å². The van der Waals surface area contributed by atoms with Crippen LogP contribution in [-0.4, -0.2) is 57.7 Å². The van der Waals surface area contributed by atoms with Crippen molar-refractivity contribution in [2.45, 2.75) is 25.9 Å². The molecule has 2 rings (SSSR count). The summed E-state index contributed by atoms with van der Waals surface area (Å²) in [5, 5.41) is 12.8. The van der Waals surface area contributed by atoms with Gasteiger partial charge in [-0.2, -0.15) is 0 Å². The molecule has 1 aromatic rings. The molecule has 2 heterocycles. The van der Waals surface area contributed by atoms with E-state index in [1.807, 2.05) is 0 Å². The van der Waals surface area contributed by atoms with Gasteiger partial charge in [0.25, 0.3) is 5.91 Å². The largest absolute Gasteiger partial charge is 0.394 e. The van der Waals surface area contributed by atoms with Crippen molar-refractivity contribution in [1.29, 1.82) is 0 Å². The van der Waals surface area contributed by atoms with Crippen molar-refractivity contribution < 1.29 is 9.90 Å². The smallest absolute Gasteiger partial charge is 0.274 e. The van der Waals surface area contributed by atoms with E-state index in [1.165, 1.54) is 18.6 Å². The second-order valence-corrected chi connectivity index (χ2v) is 5.14. The molecule has 104 valence electrons. The third kappa shape index (κ3) is 3.08. The van der Waals surface area contributed by atoms with Crippen molar-refractivity contribution in [1.82, 2.24) is 20.2 Å². The minimum absolute atomic E-state index is 0.0518. The quantitative estimate of drug-likeness (QED) is 0.797. The number of aliphatic hydroxyl groups excluding tert-OH is 1. The summed E-state index contributed by atoms with van der Waals surface area (Å²) >= 11 is 0. The van der Waals surface area contributed by atoms with Gasteiger partial charge in [-0.25, -0.2) is 4.98 Å². The minimum Gasteiger partial charge on any atom is -0.394 e. The molecule has 0 radical (unpaired) electrons. The van der Waals surface area contributed by atoms with Crippen LogP contribution in [0, 0.1) is 5.92 Å². The Hall–Kier alpha value is -1.53. The van der Waals surface area contributed by atoms with E-state index < -0.39 is 0 Å². The zero-order chi connectivity index (χ0) is 13.8. The standard InChI is InChI=1S/C13H20N4O2/c1-9(2)12-7-17(10(8-18)5-16-12)13(19)11-6-14-3-4-15-11/h3-4,6,9-10,12,16,18H,5,7-8H2,1-2H3. The number of nitrogens with zero attached hydrogens (tertiary/aromatic N) is 3. The lowest BCUT2D eigenvalue weighted by molar-refractivity contribution is 0.0428. The fourth-order valence-electron chi connectivity index (χ4n) is 2.24. The van der Waals surface area contributed by atoms with Gasteiger partial charge < -0.3 is 15.3 Å². The maximum absolute atomic E-state index is 12.4. The molecule has 0 bridgehead atoms. The molecule has 6 heteroatoms. The first kappa shape index (κ1) is 13.9. The van der Waals surface area contributed by atoms with Crippen LogP contribution in [0.1, 0.15) is 24.3 Å². The van der Waals surface area contributed by atoms with E-state index in [2.05, 4.69) is 29.1 Å². The van der Waals surface area contributed by atoms with Gasteiger partial charge in [0.2, 0.25) is 0 Å². The second-order valence-electron chi connectivity index (χ2n) is 5.14. The van der Waals surface area contributed by atoms with Gasteiger partial charge in [0.15, 0.2) is 0 Å². The Balaban J connectivity index is 2.16. The van der Waals surface area contributed by atoms with Gasteiger partial charge in [-0.15, -0.1) is 0 Å². The Kier molecular flexibility index (Phi) is 4.44. The SMILES string of the molecule is CC(C)C1CN(C(=O)c2cnccn2)C(CO)CN1.